The molecule has 1 aliphatic rings. The van der Waals surface area contributed by atoms with Gasteiger partial charge >= 0.3 is 0 Å². The smallest absolute Gasteiger partial charge is 0.285 e. The number of hydrogen-bond acceptors (Lipinski definition) is 7. The van der Waals surface area contributed by atoms with E-state index in [9.17, 15) is 13.2 Å². The molecule has 1 saturated carbocycles. The molecule has 1 fully saturated rings. The number of sulfonamides is 1. The molecule has 3 rings (SSSR count). The van der Waals surface area contributed by atoms with Crippen LogP contribution >= 0.6 is 0 Å². The first-order valence-electron chi connectivity index (χ1n) is 7.32. The Balaban J connectivity index is 1.86. The lowest BCUT2D eigenvalue weighted by Gasteiger charge is -2.09. The summed E-state index contributed by atoms with van der Waals surface area (Å²) in [5.41, 5.74) is 0.997. The highest BCUT2D eigenvalue weighted by Gasteiger charge is 2.30. The number of hydrogen-bond donors (Lipinski definition) is 1. The fourth-order valence-electron chi connectivity index (χ4n) is 2.27. The van der Waals surface area contributed by atoms with Gasteiger partial charge < -0.3 is 4.74 Å². The molecular weight excluding hydrogens is 332 g/mol. The molecule has 24 heavy (non-hydrogen) atoms. The van der Waals surface area contributed by atoms with Gasteiger partial charge in [-0.15, -0.1) is 5.10 Å². The van der Waals surface area contributed by atoms with E-state index in [2.05, 4.69) is 15.2 Å². The molecule has 0 unspecified atom stereocenters. The van der Waals surface area contributed by atoms with Crippen molar-refractivity contribution in [2.75, 3.05) is 7.11 Å². The second kappa shape index (κ2) is 6.16. The van der Waals surface area contributed by atoms with Gasteiger partial charge in [0.05, 0.1) is 7.11 Å². The molecule has 1 N–H and O–H groups in total. The summed E-state index contributed by atoms with van der Waals surface area (Å²) < 4.78 is 31.8. The Kier molecular flexibility index (Phi) is 4.18. The van der Waals surface area contributed by atoms with Crippen LogP contribution in [0.1, 0.15) is 40.5 Å². The number of methoxy groups -OCH3 is 1. The molecule has 2 aromatic heterocycles. The summed E-state index contributed by atoms with van der Waals surface area (Å²) in [6, 6.07) is 4.61. The van der Waals surface area contributed by atoms with Crippen molar-refractivity contribution in [3.63, 3.8) is 0 Å². The number of nitrogens with one attached hydrogen (secondary N) is 1. The summed E-state index contributed by atoms with van der Waals surface area (Å²) in [6.07, 6.45) is 3.35. The van der Waals surface area contributed by atoms with Gasteiger partial charge in [0.25, 0.3) is 15.9 Å². The summed E-state index contributed by atoms with van der Waals surface area (Å²) >= 11 is 0. The maximum absolute atomic E-state index is 12.3. The summed E-state index contributed by atoms with van der Waals surface area (Å²) in [6.45, 7) is 1.60. The summed E-state index contributed by atoms with van der Waals surface area (Å²) in [7, 11) is -2.62. The van der Waals surface area contributed by atoms with Crippen LogP contribution in [0.4, 0.5) is 0 Å². The van der Waals surface area contributed by atoms with Crippen LogP contribution in [0, 0.1) is 6.92 Å². The van der Waals surface area contributed by atoms with Crippen LogP contribution in [0.25, 0.3) is 0 Å². The third-order valence-electron chi connectivity index (χ3n) is 3.65. The zero-order chi connectivity index (χ0) is 17.3. The van der Waals surface area contributed by atoms with Gasteiger partial charge in [-0.2, -0.15) is 13.5 Å². The quantitative estimate of drug-likeness (QED) is 0.863. The molecule has 0 bridgehead atoms. The van der Waals surface area contributed by atoms with E-state index >= 15 is 0 Å². The second-order valence-electron chi connectivity index (χ2n) is 5.52. The molecule has 0 atom stereocenters. The lowest BCUT2D eigenvalue weighted by atomic mass is 10.2. The van der Waals surface area contributed by atoms with Crippen molar-refractivity contribution in [3.05, 3.63) is 41.3 Å². The zero-order valence-electron chi connectivity index (χ0n) is 13.2. The SMILES string of the molecule is COc1cc(C(=O)NS(=O)(=O)c2ncccc2C)nnc1C1CC1. The Morgan fingerprint density at radius 2 is 2.08 bits per heavy atom. The van der Waals surface area contributed by atoms with Crippen LogP contribution in [0.3, 0.4) is 0 Å². The van der Waals surface area contributed by atoms with Crippen molar-refractivity contribution in [2.24, 2.45) is 0 Å². The van der Waals surface area contributed by atoms with E-state index in [1.54, 1.807) is 19.1 Å². The Labute approximate surface area is 139 Å². The summed E-state index contributed by atoms with van der Waals surface area (Å²) in [4.78, 5) is 16.0. The lowest BCUT2D eigenvalue weighted by molar-refractivity contribution is 0.0975. The first kappa shape index (κ1) is 16.3. The zero-order valence-corrected chi connectivity index (χ0v) is 14.0. The Morgan fingerprint density at radius 1 is 1.33 bits per heavy atom. The van der Waals surface area contributed by atoms with Crippen molar-refractivity contribution in [2.45, 2.75) is 30.7 Å². The normalized spacial score (nSPS) is 14.2. The average Bonchev–Trinajstić information content (AvgIpc) is 3.38. The highest BCUT2D eigenvalue weighted by Crippen LogP contribution is 2.42. The van der Waals surface area contributed by atoms with Crippen molar-refractivity contribution >= 4 is 15.9 Å². The summed E-state index contributed by atoms with van der Waals surface area (Å²) in [5.74, 6) is -0.151. The molecule has 1 aliphatic carbocycles. The molecule has 0 spiro atoms. The number of pyridine rings is 1. The predicted molar refractivity (Wildman–Crippen MR) is 84.2 cm³/mol. The van der Waals surface area contributed by atoms with Crippen LogP contribution in [0.5, 0.6) is 5.75 Å². The summed E-state index contributed by atoms with van der Waals surface area (Å²) in [5, 5.41) is 7.63. The molecule has 126 valence electrons. The first-order chi connectivity index (χ1) is 11.4. The molecule has 2 heterocycles. The van der Waals surface area contributed by atoms with Crippen molar-refractivity contribution in [3.8, 4) is 5.75 Å². The number of rotatable bonds is 5. The molecule has 8 nitrogen and oxygen atoms in total. The molecule has 2 aromatic rings. The van der Waals surface area contributed by atoms with E-state index in [-0.39, 0.29) is 10.7 Å². The van der Waals surface area contributed by atoms with Gasteiger partial charge in [-0.25, -0.2) is 9.71 Å². The minimum atomic E-state index is -4.09. The predicted octanol–water partition coefficient (Wildman–Crippen LogP) is 1.18. The molecular formula is C15H16N4O4S. The minimum absolute atomic E-state index is 0.131. The lowest BCUT2D eigenvalue weighted by Crippen LogP contribution is -2.32. The van der Waals surface area contributed by atoms with Gasteiger partial charge in [0.15, 0.2) is 10.7 Å². The van der Waals surface area contributed by atoms with Gasteiger partial charge in [-0.3, -0.25) is 4.79 Å². The number of aromatic nitrogens is 3. The van der Waals surface area contributed by atoms with Crippen LogP contribution in [-0.4, -0.2) is 36.6 Å². The van der Waals surface area contributed by atoms with E-state index in [4.69, 9.17) is 4.74 Å². The van der Waals surface area contributed by atoms with Crippen LogP contribution in [0.15, 0.2) is 29.4 Å². The van der Waals surface area contributed by atoms with Crippen LogP contribution < -0.4 is 9.46 Å². The molecule has 0 radical (unpaired) electrons. The fourth-order valence-corrected chi connectivity index (χ4v) is 3.41. The number of ether oxygens (including phenoxy) is 1. The van der Waals surface area contributed by atoms with E-state index in [1.165, 1.54) is 19.4 Å². The Hall–Kier alpha value is -2.55. The van der Waals surface area contributed by atoms with E-state index in [1.807, 2.05) is 4.72 Å². The van der Waals surface area contributed by atoms with Gasteiger partial charge in [0.2, 0.25) is 0 Å². The van der Waals surface area contributed by atoms with Crippen LogP contribution in [0.2, 0.25) is 0 Å². The number of carbonyl (C=O) groups is 1. The van der Waals surface area contributed by atoms with Gasteiger partial charge in [-0.1, -0.05) is 6.07 Å². The monoisotopic (exact) mass is 348 g/mol. The fraction of sp³-hybridized carbons (Fsp3) is 0.333. The van der Waals surface area contributed by atoms with Gasteiger partial charge in [0, 0.05) is 18.2 Å². The molecule has 1 amide bonds. The highest BCUT2D eigenvalue weighted by atomic mass is 32.2. The number of aryl methyl sites for hydroxylation is 1. The standard InChI is InChI=1S/C15H16N4O4S/c1-9-4-3-7-16-15(9)24(21,22)19-14(20)11-8-12(23-2)13(18-17-11)10-5-6-10/h3-4,7-8,10H,5-6H2,1-2H3,(H,19,20). The maximum atomic E-state index is 12.3. The maximum Gasteiger partial charge on any atom is 0.285 e. The number of carbonyl (C=O) groups excluding carboxylic acids is 1. The topological polar surface area (TPSA) is 111 Å². The average molecular weight is 348 g/mol. The largest absolute Gasteiger partial charge is 0.495 e. The third kappa shape index (κ3) is 3.21. The van der Waals surface area contributed by atoms with Gasteiger partial charge in [-0.05, 0) is 31.4 Å². The Bertz CT molecular complexity index is 894. The minimum Gasteiger partial charge on any atom is -0.495 e. The van der Waals surface area contributed by atoms with Crippen molar-refractivity contribution in [1.29, 1.82) is 0 Å². The number of nitrogens with zero attached hydrogens (tertiary/aromatic N) is 3. The molecule has 0 aliphatic heterocycles. The van der Waals surface area contributed by atoms with E-state index < -0.39 is 15.9 Å². The van der Waals surface area contributed by atoms with Crippen molar-refractivity contribution in [1.82, 2.24) is 19.9 Å². The van der Waals surface area contributed by atoms with E-state index in [0.29, 0.717) is 22.9 Å². The Morgan fingerprint density at radius 3 is 2.71 bits per heavy atom. The molecule has 0 aromatic carbocycles. The second-order valence-corrected chi connectivity index (χ2v) is 7.12. The number of amides is 1. The van der Waals surface area contributed by atoms with E-state index in [0.717, 1.165) is 12.8 Å². The third-order valence-corrected chi connectivity index (χ3v) is 5.04. The molecule has 9 heteroatoms. The van der Waals surface area contributed by atoms with Crippen molar-refractivity contribution < 1.29 is 17.9 Å². The van der Waals surface area contributed by atoms with Gasteiger partial charge in [0.1, 0.15) is 11.4 Å². The van der Waals surface area contributed by atoms with Crippen LogP contribution in [-0.2, 0) is 10.0 Å². The molecule has 0 saturated heterocycles. The highest BCUT2D eigenvalue weighted by molar-refractivity contribution is 7.90. The first-order valence-corrected chi connectivity index (χ1v) is 8.81.